The average Bonchev–Trinajstić information content (AvgIpc) is 2.45. The lowest BCUT2D eigenvalue weighted by Crippen LogP contribution is -2.27. The number of hydrogen-bond donors (Lipinski definition) is 1. The Morgan fingerprint density at radius 1 is 1.07 bits per heavy atom. The van der Waals surface area contributed by atoms with Crippen LogP contribution < -0.4 is 0 Å². The highest BCUT2D eigenvalue weighted by Crippen LogP contribution is 2.34. The fraction of sp³-hybridized carbons (Fsp3) is 0.333. The first-order valence-electron chi connectivity index (χ1n) is 5.03. The molecule has 3 nitrogen and oxygen atoms in total. The van der Waals surface area contributed by atoms with Gasteiger partial charge < -0.3 is 14.9 Å². The SMILES string of the molecule is CC1=C(O)N(C)C(c2ccccc2)N1C. The zero-order valence-corrected chi connectivity index (χ0v) is 9.31. The normalized spacial score (nSPS) is 21.4. The van der Waals surface area contributed by atoms with Crippen LogP contribution in [0.5, 0.6) is 0 Å². The molecule has 0 bridgehead atoms. The fourth-order valence-corrected chi connectivity index (χ4v) is 2.04. The Bertz CT molecular complexity index is 368. The van der Waals surface area contributed by atoms with E-state index in [1.165, 1.54) is 5.56 Å². The van der Waals surface area contributed by atoms with Gasteiger partial charge in [-0.3, -0.25) is 0 Å². The number of aliphatic hydroxyl groups excluding tert-OH is 1. The average molecular weight is 204 g/mol. The van der Waals surface area contributed by atoms with E-state index in [1.807, 2.05) is 44.1 Å². The first-order valence-corrected chi connectivity index (χ1v) is 5.03. The van der Waals surface area contributed by atoms with Gasteiger partial charge in [-0.25, -0.2) is 0 Å². The van der Waals surface area contributed by atoms with Gasteiger partial charge in [-0.05, 0) is 12.5 Å². The molecule has 1 atom stereocenters. The molecular formula is C12H16N2O. The molecule has 80 valence electrons. The summed E-state index contributed by atoms with van der Waals surface area (Å²) in [4.78, 5) is 3.95. The minimum Gasteiger partial charge on any atom is -0.493 e. The summed E-state index contributed by atoms with van der Waals surface area (Å²) in [7, 11) is 3.90. The molecule has 0 fully saturated rings. The van der Waals surface area contributed by atoms with Crippen molar-refractivity contribution in [3.8, 4) is 0 Å². The number of allylic oxidation sites excluding steroid dienone is 1. The molecule has 1 aliphatic rings. The summed E-state index contributed by atoms with van der Waals surface area (Å²) < 4.78 is 0. The van der Waals surface area contributed by atoms with Gasteiger partial charge in [0.25, 0.3) is 0 Å². The minimum atomic E-state index is 0.103. The van der Waals surface area contributed by atoms with Crippen molar-refractivity contribution in [1.82, 2.24) is 9.80 Å². The lowest BCUT2D eigenvalue weighted by atomic mass is 10.1. The van der Waals surface area contributed by atoms with Crippen LogP contribution >= 0.6 is 0 Å². The molecule has 15 heavy (non-hydrogen) atoms. The Balaban J connectivity index is 2.35. The molecule has 1 N–H and O–H groups in total. The highest BCUT2D eigenvalue weighted by atomic mass is 16.3. The summed E-state index contributed by atoms with van der Waals surface area (Å²) in [5, 5.41) is 9.83. The van der Waals surface area contributed by atoms with E-state index in [0.717, 1.165) is 5.70 Å². The van der Waals surface area contributed by atoms with E-state index in [0.29, 0.717) is 5.88 Å². The van der Waals surface area contributed by atoms with Crippen LogP contribution in [0.1, 0.15) is 18.7 Å². The maximum Gasteiger partial charge on any atom is 0.208 e. The number of benzene rings is 1. The Labute approximate surface area is 90.2 Å². The first-order chi connectivity index (χ1) is 7.13. The molecule has 0 saturated heterocycles. The number of aliphatic hydroxyl groups is 1. The van der Waals surface area contributed by atoms with Crippen LogP contribution in [0, 0.1) is 0 Å². The smallest absolute Gasteiger partial charge is 0.208 e. The van der Waals surface area contributed by atoms with E-state index in [2.05, 4.69) is 17.0 Å². The van der Waals surface area contributed by atoms with Gasteiger partial charge in [0.2, 0.25) is 5.88 Å². The van der Waals surface area contributed by atoms with Crippen molar-refractivity contribution in [3.63, 3.8) is 0 Å². The topological polar surface area (TPSA) is 26.7 Å². The lowest BCUT2D eigenvalue weighted by Gasteiger charge is -2.28. The van der Waals surface area contributed by atoms with Crippen LogP contribution in [0.2, 0.25) is 0 Å². The van der Waals surface area contributed by atoms with Gasteiger partial charge in [-0.15, -0.1) is 0 Å². The third-order valence-corrected chi connectivity index (χ3v) is 3.02. The summed E-state index contributed by atoms with van der Waals surface area (Å²) >= 11 is 0. The summed E-state index contributed by atoms with van der Waals surface area (Å²) in [6.45, 7) is 1.93. The van der Waals surface area contributed by atoms with Gasteiger partial charge in [-0.2, -0.15) is 0 Å². The van der Waals surface area contributed by atoms with Crippen molar-refractivity contribution in [1.29, 1.82) is 0 Å². The molecule has 0 saturated carbocycles. The van der Waals surface area contributed by atoms with Crippen LogP contribution in [0.4, 0.5) is 0 Å². The Kier molecular flexibility index (Phi) is 2.31. The molecule has 0 aromatic heterocycles. The quantitative estimate of drug-likeness (QED) is 0.760. The molecule has 1 aliphatic heterocycles. The van der Waals surface area contributed by atoms with Crippen LogP contribution in [0.25, 0.3) is 0 Å². The largest absolute Gasteiger partial charge is 0.493 e. The predicted molar refractivity (Wildman–Crippen MR) is 60.0 cm³/mol. The maximum absolute atomic E-state index is 9.83. The van der Waals surface area contributed by atoms with Crippen LogP contribution in [0.3, 0.4) is 0 Å². The standard InChI is InChI=1S/C12H16N2O/c1-9-12(15)14(3)11(13(9)2)10-7-5-4-6-8-10/h4-8,11,15H,1-3H3. The van der Waals surface area contributed by atoms with Crippen molar-refractivity contribution < 1.29 is 5.11 Å². The Hall–Kier alpha value is -1.64. The minimum absolute atomic E-state index is 0.103. The van der Waals surface area contributed by atoms with Crippen LogP contribution in [0.15, 0.2) is 41.9 Å². The molecule has 0 spiro atoms. The van der Waals surface area contributed by atoms with Gasteiger partial charge in [0, 0.05) is 14.1 Å². The van der Waals surface area contributed by atoms with Gasteiger partial charge >= 0.3 is 0 Å². The third kappa shape index (κ3) is 1.44. The van der Waals surface area contributed by atoms with E-state index in [1.54, 1.807) is 0 Å². The van der Waals surface area contributed by atoms with Crippen molar-refractivity contribution in [2.45, 2.75) is 13.1 Å². The zero-order chi connectivity index (χ0) is 11.0. The molecule has 0 amide bonds. The number of hydrogen-bond acceptors (Lipinski definition) is 3. The van der Waals surface area contributed by atoms with E-state index in [-0.39, 0.29) is 6.17 Å². The highest BCUT2D eigenvalue weighted by Gasteiger charge is 2.32. The second-order valence-electron chi connectivity index (χ2n) is 3.92. The van der Waals surface area contributed by atoms with Gasteiger partial charge in [0.1, 0.15) is 6.17 Å². The van der Waals surface area contributed by atoms with E-state index in [9.17, 15) is 5.11 Å². The molecule has 0 aliphatic carbocycles. The summed E-state index contributed by atoms with van der Waals surface area (Å²) in [5.74, 6) is 0.353. The second kappa shape index (κ2) is 3.50. The van der Waals surface area contributed by atoms with Crippen LogP contribution in [-0.4, -0.2) is 29.0 Å². The molecule has 1 unspecified atom stereocenters. The monoisotopic (exact) mass is 204 g/mol. The van der Waals surface area contributed by atoms with Crippen molar-refractivity contribution in [2.75, 3.05) is 14.1 Å². The van der Waals surface area contributed by atoms with Gasteiger partial charge in [0.15, 0.2) is 0 Å². The predicted octanol–water partition coefficient (Wildman–Crippen LogP) is 2.31. The summed E-state index contributed by atoms with van der Waals surface area (Å²) in [6, 6.07) is 10.2. The molecule has 3 heteroatoms. The van der Waals surface area contributed by atoms with Gasteiger partial charge in [0.05, 0.1) is 5.70 Å². The number of rotatable bonds is 1. The lowest BCUT2D eigenvalue weighted by molar-refractivity contribution is 0.147. The fourth-order valence-electron chi connectivity index (χ4n) is 2.04. The van der Waals surface area contributed by atoms with E-state index < -0.39 is 0 Å². The van der Waals surface area contributed by atoms with E-state index in [4.69, 9.17) is 0 Å². The first kappa shape index (κ1) is 9.90. The molecule has 0 radical (unpaired) electrons. The molecule has 1 aromatic carbocycles. The van der Waals surface area contributed by atoms with Crippen LogP contribution in [-0.2, 0) is 0 Å². The molecule has 2 rings (SSSR count). The zero-order valence-electron chi connectivity index (χ0n) is 9.31. The molecule has 1 aromatic rings. The second-order valence-corrected chi connectivity index (χ2v) is 3.92. The summed E-state index contributed by atoms with van der Waals surface area (Å²) in [5.41, 5.74) is 2.09. The van der Waals surface area contributed by atoms with E-state index >= 15 is 0 Å². The van der Waals surface area contributed by atoms with Crippen molar-refractivity contribution in [2.24, 2.45) is 0 Å². The molecular weight excluding hydrogens is 188 g/mol. The maximum atomic E-state index is 9.83. The van der Waals surface area contributed by atoms with Crippen molar-refractivity contribution >= 4 is 0 Å². The highest BCUT2D eigenvalue weighted by molar-refractivity contribution is 5.24. The Morgan fingerprint density at radius 2 is 1.67 bits per heavy atom. The number of nitrogens with zero attached hydrogens (tertiary/aromatic N) is 2. The Morgan fingerprint density at radius 3 is 2.13 bits per heavy atom. The van der Waals surface area contributed by atoms with Gasteiger partial charge in [-0.1, -0.05) is 30.3 Å². The molecule has 1 heterocycles. The van der Waals surface area contributed by atoms with Crippen molar-refractivity contribution in [3.05, 3.63) is 47.5 Å². The third-order valence-electron chi connectivity index (χ3n) is 3.02. The summed E-state index contributed by atoms with van der Waals surface area (Å²) in [6.07, 6.45) is 0.103.